The smallest absolute Gasteiger partial charge is 0.374 e. The predicted octanol–water partition coefficient (Wildman–Crippen LogP) is 13.6. The lowest BCUT2D eigenvalue weighted by atomic mass is 10.0. The second-order valence-electron chi connectivity index (χ2n) is 16.5. The van der Waals surface area contributed by atoms with Gasteiger partial charge in [-0.1, -0.05) is 157 Å². The zero-order chi connectivity index (χ0) is 45.0. The van der Waals surface area contributed by atoms with E-state index in [-0.39, 0.29) is 23.2 Å². The Morgan fingerprint density at radius 2 is 0.852 bits per heavy atom. The van der Waals surface area contributed by atoms with Gasteiger partial charge in [-0.15, -0.1) is 0 Å². The van der Waals surface area contributed by atoms with Crippen LogP contribution in [0.15, 0.2) is 24.3 Å². The van der Waals surface area contributed by atoms with Crippen LogP contribution in [0.25, 0.3) is 0 Å². The average molecular weight is 995 g/mol. The molecule has 4 unspecified atom stereocenters. The van der Waals surface area contributed by atoms with Gasteiger partial charge in [-0.25, -0.2) is 4.79 Å². The van der Waals surface area contributed by atoms with Crippen molar-refractivity contribution in [2.24, 2.45) is 0 Å². The molecule has 0 amide bonds. The molecule has 0 spiro atoms. The van der Waals surface area contributed by atoms with Gasteiger partial charge in [0.2, 0.25) is 0 Å². The lowest BCUT2D eigenvalue weighted by Crippen LogP contribution is -2.31. The number of halogens is 2. The van der Waals surface area contributed by atoms with Crippen LogP contribution in [0.4, 0.5) is 4.79 Å². The summed E-state index contributed by atoms with van der Waals surface area (Å²) in [5.74, 6) is -0.519. The van der Waals surface area contributed by atoms with Crippen molar-refractivity contribution in [2.45, 2.75) is 244 Å². The van der Waals surface area contributed by atoms with E-state index in [0.29, 0.717) is 51.7 Å². The summed E-state index contributed by atoms with van der Waals surface area (Å²) >= 11 is 5.93. The highest BCUT2D eigenvalue weighted by atomic mass is 79.9. The minimum atomic E-state index is -0.692. The molecule has 10 nitrogen and oxygen atoms in total. The Bertz CT molecular complexity index is 1120. The molecular weight excluding hydrogens is 908 g/mol. The second-order valence-corrected chi connectivity index (χ2v) is 17.7. The third kappa shape index (κ3) is 40.7. The minimum absolute atomic E-state index is 0.0904. The van der Waals surface area contributed by atoms with Crippen molar-refractivity contribution in [3.05, 3.63) is 24.3 Å². The Hall–Kier alpha value is -1.76. The van der Waals surface area contributed by atoms with E-state index in [9.17, 15) is 29.4 Å². The summed E-state index contributed by atoms with van der Waals surface area (Å²) in [6.07, 6.45) is 36.1. The zero-order valence-corrected chi connectivity index (χ0v) is 41.5. The maximum absolute atomic E-state index is 12.1. The Morgan fingerprint density at radius 1 is 0.475 bits per heavy atom. The van der Waals surface area contributed by atoms with Crippen molar-refractivity contribution < 1.29 is 48.3 Å². The van der Waals surface area contributed by atoms with Crippen LogP contribution < -0.4 is 0 Å². The molecular formula is C49H86Br2O10. The summed E-state index contributed by atoms with van der Waals surface area (Å²) in [7, 11) is 0. The molecule has 0 aromatic heterocycles. The summed E-state index contributed by atoms with van der Waals surface area (Å²) in [5, 5.41) is 21.1. The third-order valence-electron chi connectivity index (χ3n) is 10.8. The van der Waals surface area contributed by atoms with Gasteiger partial charge in [0.1, 0.15) is 17.5 Å². The molecule has 0 rings (SSSR count). The molecule has 0 aliphatic carbocycles. The predicted molar refractivity (Wildman–Crippen MR) is 254 cm³/mol. The van der Waals surface area contributed by atoms with Crippen LogP contribution in [0.2, 0.25) is 0 Å². The Morgan fingerprint density at radius 3 is 1.25 bits per heavy atom. The largest absolute Gasteiger partial charge is 0.466 e. The first kappa shape index (κ1) is 59.2. The minimum Gasteiger partial charge on any atom is -0.466 e. The van der Waals surface area contributed by atoms with E-state index in [0.717, 1.165) is 154 Å². The highest BCUT2D eigenvalue weighted by molar-refractivity contribution is 9.18. The normalized spacial score (nSPS) is 13.6. The van der Waals surface area contributed by atoms with Gasteiger partial charge in [-0.05, 0) is 89.9 Å². The molecule has 356 valence electrons. The van der Waals surface area contributed by atoms with E-state index < -0.39 is 29.3 Å². The van der Waals surface area contributed by atoms with Gasteiger partial charge >= 0.3 is 22.8 Å². The van der Waals surface area contributed by atoms with Crippen LogP contribution in [0.5, 0.6) is 0 Å². The van der Waals surface area contributed by atoms with Crippen molar-refractivity contribution in [1.29, 1.82) is 0 Å². The Kier molecular flexibility index (Phi) is 43.5. The molecule has 0 aliphatic rings. The van der Waals surface area contributed by atoms with Crippen LogP contribution in [0, 0.1) is 0 Å². The molecule has 0 aliphatic heterocycles. The van der Waals surface area contributed by atoms with E-state index in [1.807, 2.05) is 12.2 Å². The third-order valence-corrected chi connectivity index (χ3v) is 11.5. The summed E-state index contributed by atoms with van der Waals surface area (Å²) in [6.45, 7) is 5.26. The van der Waals surface area contributed by atoms with Gasteiger partial charge < -0.3 is 29.2 Å². The van der Waals surface area contributed by atoms with E-state index in [1.54, 1.807) is 0 Å². The first-order valence-corrected chi connectivity index (χ1v) is 26.1. The maximum atomic E-state index is 12.1. The summed E-state index contributed by atoms with van der Waals surface area (Å²) in [6, 6.07) is 0. The van der Waals surface area contributed by atoms with E-state index in [4.69, 9.17) is 18.9 Å². The Labute approximate surface area is 387 Å². The van der Waals surface area contributed by atoms with Crippen LogP contribution in [0.3, 0.4) is 0 Å². The molecule has 4 atom stereocenters. The highest BCUT2D eigenvalue weighted by Gasteiger charge is 2.22. The van der Waals surface area contributed by atoms with Crippen LogP contribution in [-0.4, -0.2) is 76.0 Å². The number of hydrogen-bond acceptors (Lipinski definition) is 10. The maximum Gasteiger partial charge on any atom is 0.374 e. The monoisotopic (exact) mass is 992 g/mol. The highest BCUT2D eigenvalue weighted by Crippen LogP contribution is 2.18. The SMILES string of the molecule is CCCCCC(OC(=O)Br)C(O)C/C=C\CCCCCCCC(=O)OCCCCCCCCCCOC(=O)CCCCCCC/C=C\CC(O)C(CCCCC)OC(=O)CBr. The molecule has 0 bridgehead atoms. The van der Waals surface area contributed by atoms with Gasteiger partial charge in [-0.2, -0.15) is 0 Å². The number of ether oxygens (including phenoxy) is 4. The molecule has 0 saturated carbocycles. The van der Waals surface area contributed by atoms with Crippen LogP contribution in [-0.2, 0) is 33.3 Å². The first-order chi connectivity index (χ1) is 29.6. The van der Waals surface area contributed by atoms with E-state index >= 15 is 0 Å². The van der Waals surface area contributed by atoms with Crippen molar-refractivity contribution in [2.75, 3.05) is 18.5 Å². The molecule has 61 heavy (non-hydrogen) atoms. The van der Waals surface area contributed by atoms with Crippen molar-refractivity contribution in [3.8, 4) is 0 Å². The topological polar surface area (TPSA) is 146 Å². The van der Waals surface area contributed by atoms with Gasteiger partial charge in [0.05, 0.1) is 25.4 Å². The second kappa shape index (κ2) is 44.8. The molecule has 0 saturated heterocycles. The van der Waals surface area contributed by atoms with Gasteiger partial charge in [-0.3, -0.25) is 14.4 Å². The number of unbranched alkanes of at least 4 members (excludes halogenated alkanes) is 21. The number of alkyl halides is 1. The zero-order valence-electron chi connectivity index (χ0n) is 38.3. The molecule has 0 radical (unpaired) electrons. The van der Waals surface area contributed by atoms with Gasteiger partial charge in [0.25, 0.3) is 0 Å². The Balaban J connectivity index is 3.59. The van der Waals surface area contributed by atoms with Gasteiger partial charge in [0.15, 0.2) is 0 Å². The standard InChI is InChI=1S/C49H86Br2O10/c1-3-5-25-35-44(60-48(56)41-50)42(52)33-27-19-13-7-9-15-21-29-37-46(54)58-39-31-23-17-11-12-18-24-32-40-59-47(55)38-30-22-16-10-8-14-20-28-34-43(53)45(61-49(51)57)36-26-6-4-2/h19-20,27-28,42-45,52-53H,3-18,21-26,29-41H2,1-2H3/b27-19-,28-20-. The van der Waals surface area contributed by atoms with E-state index in [1.165, 1.54) is 12.8 Å². The average Bonchev–Trinajstić information content (AvgIpc) is 3.24. The first-order valence-electron chi connectivity index (χ1n) is 24.2. The van der Waals surface area contributed by atoms with Crippen LogP contribution in [0.1, 0.15) is 219 Å². The van der Waals surface area contributed by atoms with Crippen LogP contribution >= 0.6 is 31.9 Å². The summed E-state index contributed by atoms with van der Waals surface area (Å²) in [4.78, 5) is 46.6. The fourth-order valence-electron chi connectivity index (χ4n) is 7.09. The fraction of sp³-hybridized carbons (Fsp3) is 0.837. The number of hydrogen-bond donors (Lipinski definition) is 2. The van der Waals surface area contributed by atoms with Crippen molar-refractivity contribution in [1.82, 2.24) is 0 Å². The molecule has 12 heteroatoms. The number of carbonyl (C=O) groups is 4. The van der Waals surface area contributed by atoms with Crippen molar-refractivity contribution >= 4 is 54.6 Å². The number of carbonyl (C=O) groups excluding carboxylic acids is 4. The number of aliphatic hydroxyl groups excluding tert-OH is 2. The van der Waals surface area contributed by atoms with Crippen molar-refractivity contribution in [3.63, 3.8) is 0 Å². The lowest BCUT2D eigenvalue weighted by Gasteiger charge is -2.22. The molecule has 2 N–H and O–H groups in total. The van der Waals surface area contributed by atoms with Gasteiger partial charge in [0, 0.05) is 28.8 Å². The van der Waals surface area contributed by atoms with E-state index in [2.05, 4.69) is 57.9 Å². The fourth-order valence-corrected chi connectivity index (χ4v) is 7.46. The number of allylic oxidation sites excluding steroid dienone is 2. The molecule has 0 heterocycles. The number of esters is 3. The number of aliphatic hydroxyl groups is 2. The molecule has 0 aromatic carbocycles. The lowest BCUT2D eigenvalue weighted by molar-refractivity contribution is -0.152. The summed E-state index contributed by atoms with van der Waals surface area (Å²) in [5.41, 5.74) is 0. The molecule has 0 fully saturated rings. The summed E-state index contributed by atoms with van der Waals surface area (Å²) < 4.78 is 21.5. The number of rotatable bonds is 44. The quantitative estimate of drug-likeness (QED) is 0.0151. The molecule has 0 aromatic rings.